The lowest BCUT2D eigenvalue weighted by Gasteiger charge is -2.22. The highest BCUT2D eigenvalue weighted by atomic mass is 16.6. The maximum atomic E-state index is 12.0. The molecule has 0 spiro atoms. The summed E-state index contributed by atoms with van der Waals surface area (Å²) in [5.41, 5.74) is -0.523. The predicted octanol–water partition coefficient (Wildman–Crippen LogP) is 4.67. The molecule has 0 rings (SSSR count). The van der Waals surface area contributed by atoms with Gasteiger partial charge in [0.05, 0.1) is 0 Å². The number of carbonyl (C=O) groups excluding carboxylic acids is 2. The smallest absolute Gasteiger partial charge is 0.316 e. The summed E-state index contributed by atoms with van der Waals surface area (Å²) in [4.78, 5) is 23.5. The van der Waals surface area contributed by atoms with E-state index in [0.717, 1.165) is 12.8 Å². The van der Waals surface area contributed by atoms with Crippen molar-refractivity contribution in [2.75, 3.05) is 0 Å². The number of rotatable bonds is 10. The molecule has 0 N–H and O–H groups in total. The molecule has 0 radical (unpaired) electrons. The lowest BCUT2D eigenvalue weighted by molar-refractivity contribution is -0.162. The molecule has 1 unspecified atom stereocenters. The van der Waals surface area contributed by atoms with Crippen LogP contribution in [0.5, 0.6) is 0 Å². The van der Waals surface area contributed by atoms with Gasteiger partial charge in [0.25, 0.3) is 0 Å². The first-order chi connectivity index (χ1) is 9.28. The van der Waals surface area contributed by atoms with E-state index in [1.165, 1.54) is 39.0 Å². The van der Waals surface area contributed by atoms with Crippen LogP contribution in [0.1, 0.15) is 86.0 Å². The van der Waals surface area contributed by atoms with Gasteiger partial charge in [0, 0.05) is 0 Å². The number of hydrogen-bond donors (Lipinski definition) is 0. The van der Waals surface area contributed by atoms with E-state index in [-0.39, 0.29) is 11.8 Å². The minimum absolute atomic E-state index is 0.0785. The predicted molar refractivity (Wildman–Crippen MR) is 82.6 cm³/mol. The Morgan fingerprint density at radius 3 is 1.90 bits per heavy atom. The molecule has 1 atom stereocenters. The van der Waals surface area contributed by atoms with Crippen molar-refractivity contribution >= 4 is 11.8 Å². The number of carbonyl (C=O) groups is 2. The van der Waals surface area contributed by atoms with Crippen molar-refractivity contribution in [2.45, 2.75) is 91.6 Å². The molecule has 0 saturated heterocycles. The summed E-state index contributed by atoms with van der Waals surface area (Å²) in [7, 11) is 0. The maximum Gasteiger partial charge on any atom is 0.316 e. The van der Waals surface area contributed by atoms with Crippen molar-refractivity contribution in [1.82, 2.24) is 0 Å². The fourth-order valence-electron chi connectivity index (χ4n) is 2.17. The summed E-state index contributed by atoms with van der Waals surface area (Å²) >= 11 is 0. The molecule has 0 aliphatic carbocycles. The molecule has 0 saturated carbocycles. The molecule has 0 fully saturated rings. The molecular weight excluding hydrogens is 252 g/mol. The van der Waals surface area contributed by atoms with E-state index in [1.807, 2.05) is 20.8 Å². The van der Waals surface area contributed by atoms with E-state index in [4.69, 9.17) is 4.74 Å². The molecular formula is C17H32O3. The van der Waals surface area contributed by atoms with Crippen LogP contribution in [-0.4, -0.2) is 17.4 Å². The van der Waals surface area contributed by atoms with Crippen molar-refractivity contribution in [1.29, 1.82) is 0 Å². The Bertz CT molecular complexity index is 289. The van der Waals surface area contributed by atoms with Gasteiger partial charge in [0.2, 0.25) is 0 Å². The summed E-state index contributed by atoms with van der Waals surface area (Å²) in [6, 6.07) is 0. The molecule has 3 nitrogen and oxygen atoms in total. The SMILES string of the molecule is CCCCCCCCCC(C(C)=O)C(=O)OC(C)(C)C. The fourth-order valence-corrected chi connectivity index (χ4v) is 2.17. The summed E-state index contributed by atoms with van der Waals surface area (Å²) in [6.45, 7) is 9.18. The van der Waals surface area contributed by atoms with Crippen LogP contribution in [0, 0.1) is 5.92 Å². The average molecular weight is 284 g/mol. The number of ether oxygens (including phenoxy) is 1. The lowest BCUT2D eigenvalue weighted by Crippen LogP contribution is -2.31. The summed E-state index contributed by atoms with van der Waals surface area (Å²) in [6.07, 6.45) is 8.94. The largest absolute Gasteiger partial charge is 0.459 e. The van der Waals surface area contributed by atoms with Gasteiger partial charge in [-0.15, -0.1) is 0 Å². The molecule has 0 aromatic heterocycles. The van der Waals surface area contributed by atoms with Gasteiger partial charge in [-0.3, -0.25) is 9.59 Å². The molecule has 0 aromatic rings. The Hall–Kier alpha value is -0.860. The van der Waals surface area contributed by atoms with Crippen LogP contribution < -0.4 is 0 Å². The van der Waals surface area contributed by atoms with Crippen molar-refractivity contribution in [3.05, 3.63) is 0 Å². The third kappa shape index (κ3) is 9.99. The molecule has 0 bridgehead atoms. The third-order valence-electron chi connectivity index (χ3n) is 3.28. The second-order valence-corrected chi connectivity index (χ2v) is 6.61. The van der Waals surface area contributed by atoms with Gasteiger partial charge in [-0.05, 0) is 34.1 Å². The number of unbranched alkanes of at least 4 members (excludes halogenated alkanes) is 6. The Balaban J connectivity index is 3.98. The first-order valence-electron chi connectivity index (χ1n) is 8.01. The highest BCUT2D eigenvalue weighted by molar-refractivity contribution is 5.97. The van der Waals surface area contributed by atoms with E-state index in [0.29, 0.717) is 6.42 Å². The zero-order chi connectivity index (χ0) is 15.6. The van der Waals surface area contributed by atoms with E-state index in [2.05, 4.69) is 6.92 Å². The van der Waals surface area contributed by atoms with Gasteiger partial charge < -0.3 is 4.74 Å². The Labute approximate surface area is 124 Å². The van der Waals surface area contributed by atoms with Crippen molar-refractivity contribution < 1.29 is 14.3 Å². The number of ketones is 1. The summed E-state index contributed by atoms with van der Waals surface area (Å²) in [5.74, 6) is -1.02. The second-order valence-electron chi connectivity index (χ2n) is 6.61. The van der Waals surface area contributed by atoms with Gasteiger partial charge in [-0.1, -0.05) is 51.9 Å². The van der Waals surface area contributed by atoms with Crippen molar-refractivity contribution in [3.8, 4) is 0 Å². The first kappa shape index (κ1) is 19.1. The molecule has 0 aromatic carbocycles. The molecule has 0 heterocycles. The van der Waals surface area contributed by atoms with Gasteiger partial charge in [0.15, 0.2) is 0 Å². The van der Waals surface area contributed by atoms with Crippen LogP contribution in [0.4, 0.5) is 0 Å². The van der Waals surface area contributed by atoms with E-state index in [1.54, 1.807) is 0 Å². The summed E-state index contributed by atoms with van der Waals surface area (Å²) < 4.78 is 5.31. The van der Waals surface area contributed by atoms with Crippen LogP contribution in [-0.2, 0) is 14.3 Å². The molecule has 0 aliphatic heterocycles. The van der Waals surface area contributed by atoms with Gasteiger partial charge >= 0.3 is 5.97 Å². The highest BCUT2D eigenvalue weighted by Gasteiger charge is 2.28. The second kappa shape index (κ2) is 9.95. The molecule has 118 valence electrons. The van der Waals surface area contributed by atoms with E-state index < -0.39 is 11.5 Å². The first-order valence-corrected chi connectivity index (χ1v) is 8.01. The number of hydrogen-bond acceptors (Lipinski definition) is 3. The van der Waals surface area contributed by atoms with Crippen LogP contribution >= 0.6 is 0 Å². The molecule has 3 heteroatoms. The standard InChI is InChI=1S/C17H32O3/c1-6-7-8-9-10-11-12-13-15(14(2)18)16(19)20-17(3,4)5/h15H,6-13H2,1-5H3. The zero-order valence-corrected chi connectivity index (χ0v) is 14.0. The minimum atomic E-state index is -0.579. The molecule has 0 aliphatic rings. The number of esters is 1. The normalized spacial score (nSPS) is 13.1. The Kier molecular flexibility index (Phi) is 9.52. The summed E-state index contributed by atoms with van der Waals surface area (Å²) in [5, 5.41) is 0. The average Bonchev–Trinajstić information content (AvgIpc) is 2.29. The fraction of sp³-hybridized carbons (Fsp3) is 0.882. The topological polar surface area (TPSA) is 43.4 Å². The Morgan fingerprint density at radius 2 is 1.45 bits per heavy atom. The van der Waals surface area contributed by atoms with Gasteiger partial charge in [0.1, 0.15) is 17.3 Å². The number of Topliss-reactive ketones (excluding diaryl/α,β-unsaturated/α-hetero) is 1. The van der Waals surface area contributed by atoms with Crippen LogP contribution in [0.15, 0.2) is 0 Å². The zero-order valence-electron chi connectivity index (χ0n) is 14.0. The van der Waals surface area contributed by atoms with E-state index in [9.17, 15) is 9.59 Å². The third-order valence-corrected chi connectivity index (χ3v) is 3.28. The molecule has 20 heavy (non-hydrogen) atoms. The van der Waals surface area contributed by atoms with Crippen molar-refractivity contribution in [3.63, 3.8) is 0 Å². The minimum Gasteiger partial charge on any atom is -0.459 e. The highest BCUT2D eigenvalue weighted by Crippen LogP contribution is 2.18. The quantitative estimate of drug-likeness (QED) is 0.332. The van der Waals surface area contributed by atoms with Crippen LogP contribution in [0.2, 0.25) is 0 Å². The van der Waals surface area contributed by atoms with E-state index >= 15 is 0 Å². The Morgan fingerprint density at radius 1 is 0.950 bits per heavy atom. The maximum absolute atomic E-state index is 12.0. The van der Waals surface area contributed by atoms with Gasteiger partial charge in [-0.2, -0.15) is 0 Å². The lowest BCUT2D eigenvalue weighted by atomic mass is 9.96. The monoisotopic (exact) mass is 284 g/mol. The van der Waals surface area contributed by atoms with Crippen LogP contribution in [0.3, 0.4) is 0 Å². The van der Waals surface area contributed by atoms with Gasteiger partial charge in [-0.25, -0.2) is 0 Å². The molecule has 0 amide bonds. The van der Waals surface area contributed by atoms with Crippen LogP contribution in [0.25, 0.3) is 0 Å². The van der Waals surface area contributed by atoms with Crippen molar-refractivity contribution in [2.24, 2.45) is 5.92 Å².